The van der Waals surface area contributed by atoms with Crippen LogP contribution in [0.15, 0.2) is 97.3 Å². The van der Waals surface area contributed by atoms with Crippen LogP contribution >= 0.6 is 0 Å². The number of methoxy groups -OCH3 is 1. The van der Waals surface area contributed by atoms with Crippen molar-refractivity contribution >= 4 is 29.4 Å². The van der Waals surface area contributed by atoms with Gasteiger partial charge in [0.15, 0.2) is 0 Å². The second-order valence-corrected chi connectivity index (χ2v) is 8.98. The van der Waals surface area contributed by atoms with Crippen molar-refractivity contribution in [2.24, 2.45) is 0 Å². The number of carboxylic acid groups (broad SMARTS) is 1. The minimum atomic E-state index is -1.16. The van der Waals surface area contributed by atoms with Crippen molar-refractivity contribution < 1.29 is 33.8 Å². The first-order valence-corrected chi connectivity index (χ1v) is 12.6. The van der Waals surface area contributed by atoms with Crippen molar-refractivity contribution in [3.8, 4) is 11.5 Å². The molecule has 0 unspecified atom stereocenters. The minimum Gasteiger partial charge on any atom is -0.497 e. The van der Waals surface area contributed by atoms with Gasteiger partial charge in [0, 0.05) is 30.2 Å². The smallest absolute Gasteiger partial charge is 0.345 e. The van der Waals surface area contributed by atoms with E-state index in [2.05, 4.69) is 10.3 Å². The second kappa shape index (κ2) is 13.5. The van der Waals surface area contributed by atoms with E-state index < -0.39 is 24.4 Å². The molecule has 10 heteroatoms. The Hall–Kier alpha value is -5.51. The fraction of sp³-hybridized carbons (Fsp3) is 0.129. The topological polar surface area (TPSA) is 135 Å². The van der Waals surface area contributed by atoms with Gasteiger partial charge in [-0.3, -0.25) is 19.4 Å². The van der Waals surface area contributed by atoms with Crippen LogP contribution in [0.5, 0.6) is 11.5 Å². The molecular formula is C31H27N3O7. The zero-order chi connectivity index (χ0) is 29.2. The monoisotopic (exact) mass is 553 g/mol. The van der Waals surface area contributed by atoms with E-state index in [1.165, 1.54) is 23.2 Å². The van der Waals surface area contributed by atoms with Gasteiger partial charge in [0.25, 0.3) is 5.91 Å². The van der Waals surface area contributed by atoms with Crippen molar-refractivity contribution in [3.05, 3.63) is 120 Å². The largest absolute Gasteiger partial charge is 0.497 e. The molecular weight excluding hydrogens is 526 g/mol. The van der Waals surface area contributed by atoms with E-state index >= 15 is 0 Å². The number of nitrogens with one attached hydrogen (secondary N) is 1. The quantitative estimate of drug-likeness (QED) is 0.208. The molecule has 0 aliphatic rings. The number of rotatable bonds is 11. The first-order chi connectivity index (χ1) is 19.8. The highest BCUT2D eigenvalue weighted by Crippen LogP contribution is 2.18. The average Bonchev–Trinajstić information content (AvgIpc) is 2.98. The van der Waals surface area contributed by atoms with Crippen LogP contribution < -0.4 is 14.8 Å². The number of carbonyl (C=O) groups excluding carboxylic acids is 3. The predicted molar refractivity (Wildman–Crippen MR) is 150 cm³/mol. The summed E-state index contributed by atoms with van der Waals surface area (Å²) in [4.78, 5) is 54.4. The third-order valence-electron chi connectivity index (χ3n) is 5.96. The first kappa shape index (κ1) is 28.5. The number of ether oxygens (including phenoxy) is 2. The fourth-order valence-electron chi connectivity index (χ4n) is 3.91. The second-order valence-electron chi connectivity index (χ2n) is 8.98. The highest BCUT2D eigenvalue weighted by atomic mass is 16.5. The molecule has 0 fully saturated rings. The number of amides is 2. The summed E-state index contributed by atoms with van der Waals surface area (Å²) in [6.07, 6.45) is 3.11. The number of aliphatic carboxylic acids is 1. The van der Waals surface area contributed by atoms with Gasteiger partial charge in [-0.15, -0.1) is 0 Å². The number of carboxylic acids is 1. The number of hydrogen-bond acceptors (Lipinski definition) is 7. The maximum absolute atomic E-state index is 13.2. The predicted octanol–water partition coefficient (Wildman–Crippen LogP) is 4.22. The standard InChI is InChI=1S/C31H27N3O7/c1-40-26-12-4-21(5-13-26)17-28(35)33-25-10-8-23(9-11-25)30(38)34(20-29(36)37)19-22-6-14-27(15-7-22)41-31(39)24-3-2-16-32-18-24/h2-16,18H,17,19-20H2,1H3,(H,33,35)(H,36,37). The van der Waals surface area contributed by atoms with E-state index in [1.54, 1.807) is 86.1 Å². The molecule has 2 N–H and O–H groups in total. The van der Waals surface area contributed by atoms with Gasteiger partial charge in [-0.05, 0) is 71.8 Å². The average molecular weight is 554 g/mol. The van der Waals surface area contributed by atoms with Crippen molar-refractivity contribution in [1.82, 2.24) is 9.88 Å². The molecule has 0 atom stereocenters. The molecule has 10 nitrogen and oxygen atoms in total. The highest BCUT2D eigenvalue weighted by Gasteiger charge is 2.19. The Kier molecular flexibility index (Phi) is 9.40. The zero-order valence-corrected chi connectivity index (χ0v) is 22.2. The Morgan fingerprint density at radius 3 is 2.10 bits per heavy atom. The third kappa shape index (κ3) is 8.24. The molecule has 0 aliphatic heterocycles. The lowest BCUT2D eigenvalue weighted by molar-refractivity contribution is -0.137. The molecule has 2 amide bonds. The number of anilines is 1. The normalized spacial score (nSPS) is 10.4. The summed E-state index contributed by atoms with van der Waals surface area (Å²) in [6, 6.07) is 23.0. The number of nitrogens with zero attached hydrogens (tertiary/aromatic N) is 2. The number of benzene rings is 3. The summed E-state index contributed by atoms with van der Waals surface area (Å²) in [5.74, 6) is -1.45. The zero-order valence-electron chi connectivity index (χ0n) is 22.2. The molecule has 41 heavy (non-hydrogen) atoms. The van der Waals surface area contributed by atoms with Crippen LogP contribution in [0.25, 0.3) is 0 Å². The molecule has 0 radical (unpaired) electrons. The van der Waals surface area contributed by atoms with Crippen LogP contribution in [0.1, 0.15) is 31.8 Å². The number of esters is 1. The van der Waals surface area contributed by atoms with Crippen LogP contribution in [-0.2, 0) is 22.6 Å². The van der Waals surface area contributed by atoms with Gasteiger partial charge in [-0.1, -0.05) is 24.3 Å². The molecule has 0 saturated carbocycles. The molecule has 0 spiro atoms. The Bertz CT molecular complexity index is 1500. The molecule has 1 aromatic heterocycles. The van der Waals surface area contributed by atoms with Gasteiger partial charge < -0.3 is 24.8 Å². The number of pyridine rings is 1. The third-order valence-corrected chi connectivity index (χ3v) is 5.96. The van der Waals surface area contributed by atoms with Crippen LogP contribution in [0, 0.1) is 0 Å². The highest BCUT2D eigenvalue weighted by molar-refractivity contribution is 5.97. The Balaban J connectivity index is 1.37. The number of carbonyl (C=O) groups is 4. The Morgan fingerprint density at radius 1 is 0.829 bits per heavy atom. The van der Waals surface area contributed by atoms with Gasteiger partial charge in [0.05, 0.1) is 19.1 Å². The number of hydrogen-bond donors (Lipinski definition) is 2. The summed E-state index contributed by atoms with van der Waals surface area (Å²) in [7, 11) is 1.57. The lowest BCUT2D eigenvalue weighted by Crippen LogP contribution is -2.35. The SMILES string of the molecule is COc1ccc(CC(=O)Nc2ccc(C(=O)N(CC(=O)O)Cc3ccc(OC(=O)c4cccnc4)cc3)cc2)cc1. The molecule has 4 aromatic rings. The van der Waals surface area contributed by atoms with Gasteiger partial charge in [-0.25, -0.2) is 4.79 Å². The van der Waals surface area contributed by atoms with E-state index in [1.807, 2.05) is 0 Å². The van der Waals surface area contributed by atoms with E-state index in [-0.39, 0.29) is 24.4 Å². The molecule has 208 valence electrons. The summed E-state index contributed by atoms with van der Waals surface area (Å²) in [6.45, 7) is -0.501. The molecule has 4 rings (SSSR count). The molecule has 0 saturated heterocycles. The summed E-state index contributed by atoms with van der Waals surface area (Å²) >= 11 is 0. The van der Waals surface area contributed by atoms with E-state index in [0.29, 0.717) is 28.3 Å². The van der Waals surface area contributed by atoms with Crippen molar-refractivity contribution in [1.29, 1.82) is 0 Å². The van der Waals surface area contributed by atoms with Crippen LogP contribution in [0.3, 0.4) is 0 Å². The van der Waals surface area contributed by atoms with Crippen molar-refractivity contribution in [3.63, 3.8) is 0 Å². The van der Waals surface area contributed by atoms with Gasteiger partial charge in [0.1, 0.15) is 18.0 Å². The lowest BCUT2D eigenvalue weighted by atomic mass is 10.1. The first-order valence-electron chi connectivity index (χ1n) is 12.6. The van der Waals surface area contributed by atoms with Crippen LogP contribution in [-0.4, -0.2) is 52.4 Å². The van der Waals surface area contributed by atoms with Crippen LogP contribution in [0.4, 0.5) is 5.69 Å². The van der Waals surface area contributed by atoms with E-state index in [4.69, 9.17) is 9.47 Å². The lowest BCUT2D eigenvalue weighted by Gasteiger charge is -2.21. The molecule has 0 bridgehead atoms. The van der Waals surface area contributed by atoms with E-state index in [9.17, 15) is 24.3 Å². The molecule has 0 aliphatic carbocycles. The van der Waals surface area contributed by atoms with Crippen molar-refractivity contribution in [2.75, 3.05) is 19.0 Å². The maximum atomic E-state index is 13.2. The van der Waals surface area contributed by atoms with Gasteiger partial charge in [-0.2, -0.15) is 0 Å². The minimum absolute atomic E-state index is 0.0162. The molecule has 1 heterocycles. The molecule has 3 aromatic carbocycles. The fourth-order valence-corrected chi connectivity index (χ4v) is 3.91. The van der Waals surface area contributed by atoms with E-state index in [0.717, 1.165) is 5.56 Å². The van der Waals surface area contributed by atoms with Crippen molar-refractivity contribution in [2.45, 2.75) is 13.0 Å². The van der Waals surface area contributed by atoms with Crippen LogP contribution in [0.2, 0.25) is 0 Å². The summed E-state index contributed by atoms with van der Waals surface area (Å²) < 4.78 is 10.5. The van der Waals surface area contributed by atoms with Gasteiger partial charge in [0.2, 0.25) is 5.91 Å². The van der Waals surface area contributed by atoms with Gasteiger partial charge >= 0.3 is 11.9 Å². The summed E-state index contributed by atoms with van der Waals surface area (Å²) in [5.41, 5.74) is 2.53. The maximum Gasteiger partial charge on any atom is 0.345 e. The Labute approximate surface area is 236 Å². The summed E-state index contributed by atoms with van der Waals surface area (Å²) in [5, 5.41) is 12.2. The Morgan fingerprint density at radius 2 is 1.49 bits per heavy atom. The number of aromatic nitrogens is 1.